The van der Waals surface area contributed by atoms with E-state index in [1.165, 1.54) is 6.08 Å². The van der Waals surface area contributed by atoms with E-state index in [2.05, 4.69) is 0 Å². The zero-order valence-corrected chi connectivity index (χ0v) is 26.2. The molecule has 11 nitrogen and oxygen atoms in total. The Balaban J connectivity index is 1.97. The highest BCUT2D eigenvalue weighted by atomic mass is 16.7. The van der Waals surface area contributed by atoms with Gasteiger partial charge in [0.25, 0.3) is 0 Å². The topological polar surface area (TPSA) is 155 Å². The maximum Gasteiger partial charge on any atom is 0.308 e. The summed E-state index contributed by atoms with van der Waals surface area (Å²) in [6.45, 7) is 10.9. The maximum atomic E-state index is 13.2. The Morgan fingerprint density at radius 2 is 1.76 bits per heavy atom. The van der Waals surface area contributed by atoms with E-state index in [-0.39, 0.29) is 37.1 Å². The van der Waals surface area contributed by atoms with Crippen molar-refractivity contribution in [2.75, 3.05) is 14.1 Å². The number of aliphatic hydroxyl groups is 3. The molecule has 11 heteroatoms. The van der Waals surface area contributed by atoms with Crippen LogP contribution in [-0.4, -0.2) is 113 Å². The van der Waals surface area contributed by atoms with Gasteiger partial charge in [-0.2, -0.15) is 0 Å². The molecule has 0 saturated carbocycles. The number of cyclic esters (lactones) is 1. The number of aldehydes is 1. The Bertz CT molecular complexity index is 973. The third-order valence-electron chi connectivity index (χ3n) is 9.42. The monoisotopic (exact) mass is 597 g/mol. The zero-order valence-electron chi connectivity index (χ0n) is 26.2. The van der Waals surface area contributed by atoms with Crippen LogP contribution >= 0.6 is 0 Å². The number of fused-ring (bicyclic) bond motifs is 1. The van der Waals surface area contributed by atoms with E-state index in [4.69, 9.17) is 18.9 Å². The van der Waals surface area contributed by atoms with Crippen molar-refractivity contribution in [2.24, 2.45) is 23.7 Å². The van der Waals surface area contributed by atoms with Gasteiger partial charge in [0, 0.05) is 24.2 Å². The molecule has 0 radical (unpaired) electrons. The van der Waals surface area contributed by atoms with Crippen LogP contribution in [0.2, 0.25) is 0 Å². The van der Waals surface area contributed by atoms with E-state index in [0.29, 0.717) is 6.42 Å². The Morgan fingerprint density at radius 1 is 1.10 bits per heavy atom. The minimum absolute atomic E-state index is 0.0178. The van der Waals surface area contributed by atoms with Crippen molar-refractivity contribution in [3.8, 4) is 0 Å². The zero-order chi connectivity index (χ0) is 31.5. The van der Waals surface area contributed by atoms with Gasteiger partial charge in [-0.05, 0) is 58.9 Å². The minimum Gasteiger partial charge on any atom is -0.462 e. The number of carbonyl (C=O) groups is 3. The number of epoxide rings is 1. The van der Waals surface area contributed by atoms with Gasteiger partial charge in [-0.15, -0.1) is 0 Å². The fourth-order valence-corrected chi connectivity index (χ4v) is 6.58. The molecule has 0 aromatic rings. The van der Waals surface area contributed by atoms with E-state index in [1.54, 1.807) is 45.8 Å². The molecule has 0 spiro atoms. The first-order valence-electron chi connectivity index (χ1n) is 15.2. The van der Waals surface area contributed by atoms with Crippen LogP contribution in [0, 0.1) is 23.7 Å². The maximum absolute atomic E-state index is 13.2. The third-order valence-corrected chi connectivity index (χ3v) is 9.42. The highest BCUT2D eigenvalue weighted by Gasteiger charge is 2.55. The number of allylic oxidation sites excluding steroid dienone is 1. The quantitative estimate of drug-likeness (QED) is 0.232. The molecule has 0 unspecified atom stereocenters. The lowest BCUT2D eigenvalue weighted by atomic mass is 9.79. The number of ether oxygens (including phenoxy) is 4. The molecule has 2 saturated heterocycles. The number of hydrogen-bond donors (Lipinski definition) is 3. The lowest BCUT2D eigenvalue weighted by Crippen LogP contribution is -2.63. The number of carbonyl (C=O) groups excluding carboxylic acids is 3. The first-order chi connectivity index (χ1) is 19.6. The summed E-state index contributed by atoms with van der Waals surface area (Å²) in [4.78, 5) is 39.8. The van der Waals surface area contributed by atoms with Crippen molar-refractivity contribution >= 4 is 18.0 Å². The molecule has 240 valence electrons. The summed E-state index contributed by atoms with van der Waals surface area (Å²) in [5.41, 5.74) is -0.660. The molecule has 0 aliphatic carbocycles. The summed E-state index contributed by atoms with van der Waals surface area (Å²) in [6, 6.07) is -0.696. The summed E-state index contributed by atoms with van der Waals surface area (Å²) in [5.74, 6) is -2.59. The smallest absolute Gasteiger partial charge is 0.308 e. The molecule has 3 aliphatic rings. The van der Waals surface area contributed by atoms with Crippen LogP contribution in [0.1, 0.15) is 67.2 Å². The van der Waals surface area contributed by atoms with Gasteiger partial charge in [-0.3, -0.25) is 9.59 Å². The Labute approximate surface area is 249 Å². The van der Waals surface area contributed by atoms with Gasteiger partial charge in [-0.1, -0.05) is 27.7 Å². The predicted octanol–water partition coefficient (Wildman–Crippen LogP) is 1.64. The molecular formula is C31H51NO10. The first kappa shape index (κ1) is 34.8. The fraction of sp³-hybridized carbons (Fsp3) is 0.839. The molecule has 0 aromatic heterocycles. The van der Waals surface area contributed by atoms with Gasteiger partial charge >= 0.3 is 5.97 Å². The van der Waals surface area contributed by atoms with Crippen LogP contribution in [0.15, 0.2) is 12.2 Å². The SMILES string of the molecule is CC[C@H]1OC(=O)C[C@@H](O)[C@@H](C)[C@@H](O[C@H]2O[C@@H](C)[C@@H](O)[C@@H](N(C)C)[C@H]2O)[C@@H](CC=O)C[C@@H](C)C(=O)/C=C/[C@]2(C)O[C@@H]2[C@H]1C. The first-order valence-corrected chi connectivity index (χ1v) is 15.2. The van der Waals surface area contributed by atoms with Crippen LogP contribution in [-0.2, 0) is 33.3 Å². The summed E-state index contributed by atoms with van der Waals surface area (Å²) in [5, 5.41) is 33.1. The van der Waals surface area contributed by atoms with Crippen LogP contribution in [0.4, 0.5) is 0 Å². The normalized spacial score (nSPS) is 46.5. The molecule has 2 fully saturated rings. The average molecular weight is 598 g/mol. The van der Waals surface area contributed by atoms with Gasteiger partial charge in [0.05, 0.1) is 43.0 Å². The second-order valence-corrected chi connectivity index (χ2v) is 12.9. The van der Waals surface area contributed by atoms with E-state index in [9.17, 15) is 29.7 Å². The number of esters is 1. The molecule has 3 rings (SSSR count). The summed E-state index contributed by atoms with van der Waals surface area (Å²) < 4.78 is 24.0. The second kappa shape index (κ2) is 14.4. The van der Waals surface area contributed by atoms with Crippen molar-refractivity contribution < 1.29 is 48.7 Å². The lowest BCUT2D eigenvalue weighted by molar-refractivity contribution is -0.304. The molecule has 3 aliphatic heterocycles. The number of likely N-dealkylation sites (N-methyl/N-ethyl adjacent to an activating group) is 1. The van der Waals surface area contributed by atoms with Crippen molar-refractivity contribution in [3.63, 3.8) is 0 Å². The Hall–Kier alpha value is -1.73. The summed E-state index contributed by atoms with van der Waals surface area (Å²) in [6.07, 6.45) is -2.34. The van der Waals surface area contributed by atoms with Crippen LogP contribution < -0.4 is 0 Å². The van der Waals surface area contributed by atoms with Gasteiger partial charge < -0.3 is 44.0 Å². The number of ketones is 1. The Morgan fingerprint density at radius 3 is 2.36 bits per heavy atom. The minimum atomic E-state index is -1.25. The van der Waals surface area contributed by atoms with Gasteiger partial charge in [0.15, 0.2) is 12.1 Å². The Kier molecular flexibility index (Phi) is 11.9. The summed E-state index contributed by atoms with van der Waals surface area (Å²) >= 11 is 0. The molecule has 0 bridgehead atoms. The molecule has 14 atom stereocenters. The van der Waals surface area contributed by atoms with Crippen LogP contribution in [0.25, 0.3) is 0 Å². The van der Waals surface area contributed by atoms with Gasteiger partial charge in [0.2, 0.25) is 0 Å². The van der Waals surface area contributed by atoms with E-state index < -0.39 is 78.3 Å². The lowest BCUT2D eigenvalue weighted by Gasteiger charge is -2.46. The number of hydrogen-bond acceptors (Lipinski definition) is 11. The average Bonchev–Trinajstić information content (AvgIpc) is 3.61. The number of aliphatic hydroxyl groups excluding tert-OH is 3. The number of nitrogens with zero attached hydrogens (tertiary/aromatic N) is 1. The molecular weight excluding hydrogens is 546 g/mol. The van der Waals surface area contributed by atoms with Gasteiger partial charge in [-0.25, -0.2) is 0 Å². The fourth-order valence-electron chi connectivity index (χ4n) is 6.58. The molecule has 42 heavy (non-hydrogen) atoms. The third kappa shape index (κ3) is 7.85. The van der Waals surface area contributed by atoms with Crippen molar-refractivity contribution in [3.05, 3.63) is 12.2 Å². The van der Waals surface area contributed by atoms with Crippen LogP contribution in [0.3, 0.4) is 0 Å². The predicted molar refractivity (Wildman–Crippen MR) is 153 cm³/mol. The van der Waals surface area contributed by atoms with E-state index >= 15 is 0 Å². The highest BCUT2D eigenvalue weighted by molar-refractivity contribution is 5.91. The second-order valence-electron chi connectivity index (χ2n) is 12.9. The van der Waals surface area contributed by atoms with Crippen molar-refractivity contribution in [2.45, 2.75) is 128 Å². The summed E-state index contributed by atoms with van der Waals surface area (Å²) in [7, 11) is 3.46. The standard InChI is InChI=1S/C31H51NO10/c1-9-23-18(4)29-31(6,42-29)12-10-21(34)16(2)14-20(11-13-33)28(17(3)22(35)15-24(36)40-23)41-30-27(38)25(32(7)8)26(37)19(5)39-30/h10,12-13,16-20,22-23,25-30,35,37-38H,9,11,14-15H2,1-8H3/b12-10+/t16-,17-,18+,19+,20+,22-,23-,25-,26-,27-,28-,29-,30-,31+/m1/s1. The molecule has 0 aromatic carbocycles. The van der Waals surface area contributed by atoms with Crippen LogP contribution in [0.5, 0.6) is 0 Å². The molecule has 3 N–H and O–H groups in total. The largest absolute Gasteiger partial charge is 0.462 e. The molecule has 0 amide bonds. The number of rotatable bonds is 6. The van der Waals surface area contributed by atoms with Gasteiger partial charge in [0.1, 0.15) is 24.1 Å². The molecule has 3 heterocycles. The van der Waals surface area contributed by atoms with Crippen molar-refractivity contribution in [1.29, 1.82) is 0 Å². The van der Waals surface area contributed by atoms with E-state index in [0.717, 1.165) is 6.29 Å². The highest BCUT2D eigenvalue weighted by Crippen LogP contribution is 2.45. The van der Waals surface area contributed by atoms with Crippen molar-refractivity contribution in [1.82, 2.24) is 4.90 Å². The van der Waals surface area contributed by atoms with E-state index in [1.807, 2.05) is 20.8 Å².